The Morgan fingerprint density at radius 2 is 2.14 bits per heavy atom. The highest BCUT2D eigenvalue weighted by Crippen LogP contribution is 2.28. The third-order valence-corrected chi connectivity index (χ3v) is 3.87. The van der Waals surface area contributed by atoms with Crippen LogP contribution in [0.3, 0.4) is 0 Å². The molecule has 2 rings (SSSR count). The van der Waals surface area contributed by atoms with Gasteiger partial charge in [0.05, 0.1) is 0 Å². The molecule has 0 saturated heterocycles. The molecule has 0 aliphatic rings. The zero-order chi connectivity index (χ0) is 15.4. The smallest absolute Gasteiger partial charge is 0.327 e. The van der Waals surface area contributed by atoms with E-state index >= 15 is 0 Å². The van der Waals surface area contributed by atoms with Crippen LogP contribution in [-0.2, 0) is 9.59 Å². The SMILES string of the molecule is CC(=O)N[C@@H](CSc1nccc2ccc(O)cc12)C(=O)O. The number of fused-ring (bicyclic) bond motifs is 1. The third-order valence-electron chi connectivity index (χ3n) is 2.78. The van der Waals surface area contributed by atoms with Gasteiger partial charge in [-0.1, -0.05) is 6.07 Å². The van der Waals surface area contributed by atoms with Gasteiger partial charge in [-0.3, -0.25) is 4.79 Å². The first-order valence-corrected chi connectivity index (χ1v) is 7.16. The first-order valence-electron chi connectivity index (χ1n) is 6.18. The van der Waals surface area contributed by atoms with E-state index in [9.17, 15) is 14.7 Å². The largest absolute Gasteiger partial charge is 0.508 e. The maximum atomic E-state index is 11.1. The molecule has 7 heteroatoms. The number of benzene rings is 1. The van der Waals surface area contributed by atoms with Crippen LogP contribution >= 0.6 is 11.8 Å². The molecule has 1 atom stereocenters. The second-order valence-electron chi connectivity index (χ2n) is 4.42. The first-order chi connectivity index (χ1) is 9.97. The van der Waals surface area contributed by atoms with Crippen molar-refractivity contribution in [3.8, 4) is 5.75 Å². The van der Waals surface area contributed by atoms with Crippen molar-refractivity contribution >= 4 is 34.4 Å². The lowest BCUT2D eigenvalue weighted by Gasteiger charge is -2.13. The van der Waals surface area contributed by atoms with Gasteiger partial charge in [-0.15, -0.1) is 11.8 Å². The van der Waals surface area contributed by atoms with Crippen molar-refractivity contribution in [3.05, 3.63) is 30.5 Å². The Balaban J connectivity index is 2.21. The molecule has 1 aromatic carbocycles. The van der Waals surface area contributed by atoms with Gasteiger partial charge in [0, 0.05) is 24.3 Å². The fraction of sp³-hybridized carbons (Fsp3) is 0.214. The van der Waals surface area contributed by atoms with Crippen LogP contribution < -0.4 is 5.32 Å². The molecule has 110 valence electrons. The van der Waals surface area contributed by atoms with Gasteiger partial charge in [0.15, 0.2) is 0 Å². The normalized spacial score (nSPS) is 12.0. The van der Waals surface area contributed by atoms with Gasteiger partial charge < -0.3 is 15.5 Å². The second-order valence-corrected chi connectivity index (χ2v) is 5.43. The Bertz CT molecular complexity index is 690. The summed E-state index contributed by atoms with van der Waals surface area (Å²) in [7, 11) is 0. The predicted octanol–water partition coefficient (Wildman–Crippen LogP) is 1.62. The van der Waals surface area contributed by atoms with E-state index in [2.05, 4.69) is 10.3 Å². The molecule has 0 radical (unpaired) electrons. The highest BCUT2D eigenvalue weighted by atomic mass is 32.2. The van der Waals surface area contributed by atoms with E-state index in [-0.39, 0.29) is 11.5 Å². The molecular weight excluding hydrogens is 292 g/mol. The zero-order valence-electron chi connectivity index (χ0n) is 11.2. The van der Waals surface area contributed by atoms with Gasteiger partial charge in [0.25, 0.3) is 0 Å². The molecule has 1 amide bonds. The number of aromatic hydroxyl groups is 1. The summed E-state index contributed by atoms with van der Waals surface area (Å²) < 4.78 is 0. The van der Waals surface area contributed by atoms with Gasteiger partial charge in [-0.05, 0) is 23.6 Å². The maximum absolute atomic E-state index is 11.1. The van der Waals surface area contributed by atoms with Crippen molar-refractivity contribution in [2.45, 2.75) is 18.0 Å². The highest BCUT2D eigenvalue weighted by Gasteiger charge is 2.19. The average molecular weight is 306 g/mol. The lowest BCUT2D eigenvalue weighted by Crippen LogP contribution is -2.41. The summed E-state index contributed by atoms with van der Waals surface area (Å²) in [6, 6.07) is 5.74. The average Bonchev–Trinajstić information content (AvgIpc) is 2.42. The van der Waals surface area contributed by atoms with Gasteiger partial charge >= 0.3 is 5.97 Å². The Labute approximate surface area is 125 Å². The number of rotatable bonds is 5. The number of carbonyl (C=O) groups excluding carboxylic acids is 1. The summed E-state index contributed by atoms with van der Waals surface area (Å²) >= 11 is 1.22. The van der Waals surface area contributed by atoms with Gasteiger partial charge in [-0.25, -0.2) is 9.78 Å². The summed E-state index contributed by atoms with van der Waals surface area (Å²) in [5.41, 5.74) is 0. The maximum Gasteiger partial charge on any atom is 0.327 e. The molecule has 0 unspecified atom stereocenters. The number of aliphatic carboxylic acids is 1. The van der Waals surface area contributed by atoms with Gasteiger partial charge in [0.2, 0.25) is 5.91 Å². The van der Waals surface area contributed by atoms with E-state index in [0.717, 1.165) is 10.8 Å². The summed E-state index contributed by atoms with van der Waals surface area (Å²) in [5, 5.41) is 23.2. The number of hydrogen-bond donors (Lipinski definition) is 3. The minimum atomic E-state index is -1.10. The van der Waals surface area contributed by atoms with Crippen LogP contribution in [0.5, 0.6) is 5.75 Å². The first kappa shape index (κ1) is 15.1. The number of thioether (sulfide) groups is 1. The molecular formula is C14H14N2O4S. The predicted molar refractivity (Wildman–Crippen MR) is 79.4 cm³/mol. The van der Waals surface area contributed by atoms with E-state index in [0.29, 0.717) is 5.03 Å². The molecule has 6 nitrogen and oxygen atoms in total. The monoisotopic (exact) mass is 306 g/mol. The molecule has 1 aromatic heterocycles. The number of phenols is 1. The van der Waals surface area contributed by atoms with Crippen molar-refractivity contribution in [2.24, 2.45) is 0 Å². The number of carboxylic acid groups (broad SMARTS) is 1. The second kappa shape index (κ2) is 6.45. The van der Waals surface area contributed by atoms with Crippen LogP contribution in [0.1, 0.15) is 6.92 Å². The number of amides is 1. The molecule has 0 aliphatic heterocycles. The van der Waals surface area contributed by atoms with E-state index in [1.807, 2.05) is 0 Å². The van der Waals surface area contributed by atoms with Crippen molar-refractivity contribution in [1.29, 1.82) is 0 Å². The van der Waals surface area contributed by atoms with Crippen molar-refractivity contribution < 1.29 is 19.8 Å². The molecule has 0 fully saturated rings. The van der Waals surface area contributed by atoms with Gasteiger partial charge in [0.1, 0.15) is 16.8 Å². The number of carboxylic acids is 1. The lowest BCUT2D eigenvalue weighted by atomic mass is 10.2. The molecule has 0 bridgehead atoms. The number of nitrogens with one attached hydrogen (secondary N) is 1. The lowest BCUT2D eigenvalue weighted by molar-refractivity contribution is -0.140. The minimum Gasteiger partial charge on any atom is -0.508 e. The molecule has 0 saturated carbocycles. The van der Waals surface area contributed by atoms with Gasteiger partial charge in [-0.2, -0.15) is 0 Å². The fourth-order valence-electron chi connectivity index (χ4n) is 1.83. The Morgan fingerprint density at radius 3 is 2.81 bits per heavy atom. The molecule has 2 aromatic rings. The van der Waals surface area contributed by atoms with Crippen molar-refractivity contribution in [3.63, 3.8) is 0 Å². The Morgan fingerprint density at radius 1 is 1.38 bits per heavy atom. The number of nitrogens with zero attached hydrogens (tertiary/aromatic N) is 1. The Hall–Kier alpha value is -2.28. The molecule has 3 N–H and O–H groups in total. The number of phenolic OH excluding ortho intramolecular Hbond substituents is 1. The molecule has 21 heavy (non-hydrogen) atoms. The third kappa shape index (κ3) is 3.85. The zero-order valence-corrected chi connectivity index (χ0v) is 12.1. The summed E-state index contributed by atoms with van der Waals surface area (Å²) in [6.07, 6.45) is 1.62. The Kier molecular flexibility index (Phi) is 4.64. The standard InChI is InChI=1S/C14H14N2O4S/c1-8(17)16-12(14(19)20)7-21-13-11-6-10(18)3-2-9(11)4-5-15-13/h2-6,12,18H,7H2,1H3,(H,16,17)(H,19,20)/t12-/m0/s1. The van der Waals surface area contributed by atoms with Crippen LogP contribution in [0.25, 0.3) is 10.8 Å². The van der Waals surface area contributed by atoms with Crippen LogP contribution in [0.4, 0.5) is 0 Å². The number of hydrogen-bond acceptors (Lipinski definition) is 5. The number of pyridine rings is 1. The quantitative estimate of drug-likeness (QED) is 0.726. The van der Waals surface area contributed by atoms with Crippen molar-refractivity contribution in [2.75, 3.05) is 5.75 Å². The fourth-order valence-corrected chi connectivity index (χ4v) is 2.85. The summed E-state index contributed by atoms with van der Waals surface area (Å²) in [4.78, 5) is 26.3. The van der Waals surface area contributed by atoms with Crippen LogP contribution in [-0.4, -0.2) is 38.9 Å². The topological polar surface area (TPSA) is 99.5 Å². The highest BCUT2D eigenvalue weighted by molar-refractivity contribution is 7.99. The molecule has 0 aliphatic carbocycles. The number of aromatic nitrogens is 1. The summed E-state index contributed by atoms with van der Waals surface area (Å²) in [5.74, 6) is -1.22. The van der Waals surface area contributed by atoms with Crippen LogP contribution in [0.2, 0.25) is 0 Å². The number of carbonyl (C=O) groups is 2. The summed E-state index contributed by atoms with van der Waals surface area (Å²) in [6.45, 7) is 1.27. The van der Waals surface area contributed by atoms with E-state index in [4.69, 9.17) is 5.11 Å². The van der Waals surface area contributed by atoms with Crippen molar-refractivity contribution in [1.82, 2.24) is 10.3 Å². The van der Waals surface area contributed by atoms with Crippen LogP contribution in [0.15, 0.2) is 35.5 Å². The minimum absolute atomic E-state index is 0.119. The van der Waals surface area contributed by atoms with E-state index < -0.39 is 17.9 Å². The molecule has 0 spiro atoms. The van der Waals surface area contributed by atoms with Crippen LogP contribution in [0, 0.1) is 0 Å². The van der Waals surface area contributed by atoms with E-state index in [1.165, 1.54) is 18.7 Å². The molecule has 1 heterocycles. The van der Waals surface area contributed by atoms with E-state index in [1.54, 1.807) is 30.5 Å².